The standard InChI is InChI=1S/C22H21N3O4S.C6H5N3/c1-27-15-5-8-17(9-6-15)30(26)13-12-29-20-14-16(28-2)7-10-18(20)21-24-19-4-3-11-23-22(19)25-21;1-2-5-6(7-3-1)9-4-8-5/h3-11,14H,12-13H2,1-2H3,(H,23,24,25);1-4H,(H,7,8,9). The van der Waals surface area contributed by atoms with E-state index in [-0.39, 0.29) is 6.61 Å². The second-order valence-electron chi connectivity index (χ2n) is 8.17. The zero-order valence-electron chi connectivity index (χ0n) is 21.3. The van der Waals surface area contributed by atoms with Crippen molar-refractivity contribution in [3.63, 3.8) is 0 Å². The summed E-state index contributed by atoms with van der Waals surface area (Å²) in [5.41, 5.74) is 4.02. The fourth-order valence-corrected chi connectivity index (χ4v) is 4.68. The number of fused-ring (bicyclic) bond motifs is 2. The average molecular weight is 543 g/mol. The molecule has 39 heavy (non-hydrogen) atoms. The molecule has 2 N–H and O–H groups in total. The Hall–Kier alpha value is -4.61. The van der Waals surface area contributed by atoms with Crippen LogP contribution in [0, 0.1) is 0 Å². The smallest absolute Gasteiger partial charge is 0.178 e. The van der Waals surface area contributed by atoms with Crippen LogP contribution in [0.3, 0.4) is 0 Å². The molecule has 1 unspecified atom stereocenters. The summed E-state index contributed by atoms with van der Waals surface area (Å²) < 4.78 is 29.0. The molecule has 0 saturated carbocycles. The molecule has 0 aliphatic rings. The Labute approximate surface area is 227 Å². The number of methoxy groups -OCH3 is 2. The number of hydrogen-bond donors (Lipinski definition) is 2. The Balaban J connectivity index is 0.000000287. The number of hydrogen-bond acceptors (Lipinski definition) is 8. The van der Waals surface area contributed by atoms with Crippen molar-refractivity contribution in [3.8, 4) is 28.6 Å². The van der Waals surface area contributed by atoms with E-state index in [1.807, 2.05) is 36.4 Å². The summed E-state index contributed by atoms with van der Waals surface area (Å²) in [6.07, 6.45) is 5.06. The second-order valence-corrected chi connectivity index (χ2v) is 9.74. The van der Waals surface area contributed by atoms with Gasteiger partial charge in [-0.2, -0.15) is 0 Å². The molecule has 1 atom stereocenters. The number of imidazole rings is 2. The first-order chi connectivity index (χ1) is 19.1. The Morgan fingerprint density at radius 1 is 0.821 bits per heavy atom. The molecule has 0 saturated heterocycles. The lowest BCUT2D eigenvalue weighted by Crippen LogP contribution is -2.14. The predicted octanol–water partition coefficient (Wildman–Crippen LogP) is 4.79. The van der Waals surface area contributed by atoms with E-state index in [1.54, 1.807) is 63.3 Å². The lowest BCUT2D eigenvalue weighted by Gasteiger charge is -2.14. The van der Waals surface area contributed by atoms with Crippen LogP contribution in [-0.2, 0) is 11.2 Å². The molecule has 0 bridgehead atoms. The Morgan fingerprint density at radius 2 is 1.54 bits per heavy atom. The molecule has 4 aromatic heterocycles. The van der Waals surface area contributed by atoms with Crippen LogP contribution in [0.4, 0.5) is 0 Å². The van der Waals surface area contributed by atoms with Crippen LogP contribution in [0.5, 0.6) is 17.2 Å². The van der Waals surface area contributed by atoms with E-state index < -0.39 is 11.2 Å². The van der Waals surface area contributed by atoms with Crippen LogP contribution < -0.4 is 14.2 Å². The topological polar surface area (TPSA) is 134 Å². The highest BCUT2D eigenvalue weighted by molar-refractivity contribution is 7.91. The second kappa shape index (κ2) is 12.3. The van der Waals surface area contributed by atoms with Gasteiger partial charge in [-0.1, -0.05) is 0 Å². The maximum Gasteiger partial charge on any atom is 0.178 e. The predicted molar refractivity (Wildman–Crippen MR) is 150 cm³/mol. The first-order valence-corrected chi connectivity index (χ1v) is 13.3. The Morgan fingerprint density at radius 3 is 2.26 bits per heavy atom. The van der Waals surface area contributed by atoms with Gasteiger partial charge in [0.05, 0.1) is 37.1 Å². The maximum absolute atomic E-state index is 12.6. The van der Waals surface area contributed by atoms with Crippen LogP contribution in [-0.4, -0.2) is 61.0 Å². The van der Waals surface area contributed by atoms with Crippen LogP contribution in [0.15, 0.2) is 90.3 Å². The number of nitrogens with zero attached hydrogens (tertiary/aromatic N) is 4. The van der Waals surface area contributed by atoms with E-state index in [9.17, 15) is 4.55 Å². The van der Waals surface area contributed by atoms with Crippen molar-refractivity contribution in [3.05, 3.63) is 85.5 Å². The average Bonchev–Trinajstić information content (AvgIpc) is 3.65. The summed E-state index contributed by atoms with van der Waals surface area (Å²) in [4.78, 5) is 23.7. The van der Waals surface area contributed by atoms with Crippen molar-refractivity contribution in [1.82, 2.24) is 29.9 Å². The Kier molecular flexibility index (Phi) is 8.20. The summed E-state index contributed by atoms with van der Waals surface area (Å²) in [6, 6.07) is 20.3. The van der Waals surface area contributed by atoms with Crippen LogP contribution in [0.2, 0.25) is 0 Å². The van der Waals surface area contributed by atoms with Crippen molar-refractivity contribution < 1.29 is 18.8 Å². The van der Waals surface area contributed by atoms with E-state index >= 15 is 0 Å². The monoisotopic (exact) mass is 542 g/mol. The molecule has 0 aliphatic heterocycles. The van der Waals surface area contributed by atoms with Gasteiger partial charge in [-0.3, -0.25) is 0 Å². The molecular weight excluding hydrogens is 516 g/mol. The number of rotatable bonds is 8. The van der Waals surface area contributed by atoms with E-state index in [0.29, 0.717) is 28.7 Å². The van der Waals surface area contributed by atoms with E-state index in [2.05, 4.69) is 29.9 Å². The molecule has 2 aromatic carbocycles. The van der Waals surface area contributed by atoms with E-state index in [0.717, 1.165) is 32.9 Å². The molecular formula is C28H26N6O4S. The van der Waals surface area contributed by atoms with Crippen molar-refractivity contribution in [2.75, 3.05) is 26.6 Å². The summed E-state index contributed by atoms with van der Waals surface area (Å²) >= 11 is -1.18. The van der Waals surface area contributed by atoms with Crippen LogP contribution in [0.25, 0.3) is 33.7 Å². The number of benzene rings is 2. The number of ether oxygens (including phenoxy) is 3. The summed E-state index contributed by atoms with van der Waals surface area (Å²) in [7, 11) is 3.20. The van der Waals surface area contributed by atoms with Gasteiger partial charge in [0.1, 0.15) is 35.4 Å². The number of nitrogens with one attached hydrogen (secondary N) is 2. The van der Waals surface area contributed by atoms with Crippen molar-refractivity contribution >= 4 is 33.5 Å². The molecule has 10 nitrogen and oxygen atoms in total. The van der Waals surface area contributed by atoms with Crippen LogP contribution >= 0.6 is 0 Å². The zero-order valence-corrected chi connectivity index (χ0v) is 22.1. The molecule has 0 radical (unpaired) electrons. The minimum Gasteiger partial charge on any atom is -0.611 e. The fraction of sp³-hybridized carbons (Fsp3) is 0.143. The number of aromatic amines is 2. The normalized spacial score (nSPS) is 11.6. The first kappa shape index (κ1) is 26.0. The highest BCUT2D eigenvalue weighted by Gasteiger charge is 2.15. The highest BCUT2D eigenvalue weighted by Crippen LogP contribution is 2.33. The minimum atomic E-state index is -1.18. The van der Waals surface area contributed by atoms with Gasteiger partial charge in [-0.15, -0.1) is 0 Å². The fourth-order valence-electron chi connectivity index (χ4n) is 3.77. The van der Waals surface area contributed by atoms with Gasteiger partial charge in [0.15, 0.2) is 16.2 Å². The summed E-state index contributed by atoms with van der Waals surface area (Å²) in [5.74, 6) is 3.00. The third-order valence-electron chi connectivity index (χ3n) is 5.74. The number of aromatic nitrogens is 6. The molecule has 6 rings (SSSR count). The van der Waals surface area contributed by atoms with E-state index in [1.165, 1.54) is 0 Å². The molecule has 198 valence electrons. The Bertz CT molecular complexity index is 1590. The third-order valence-corrected chi connectivity index (χ3v) is 7.08. The van der Waals surface area contributed by atoms with Gasteiger partial charge in [0.2, 0.25) is 0 Å². The van der Waals surface area contributed by atoms with Gasteiger partial charge in [0.25, 0.3) is 0 Å². The highest BCUT2D eigenvalue weighted by atomic mass is 32.2. The SMILES string of the molecule is COc1ccc([S+]([O-])CCOc2cc(OC)ccc2-c2nc3ncccc3[nH]2)cc1.c1cnc2nc[nH]c2c1. The largest absolute Gasteiger partial charge is 0.611 e. The van der Waals surface area contributed by atoms with Gasteiger partial charge in [-0.05, 0) is 71.8 Å². The van der Waals surface area contributed by atoms with Gasteiger partial charge in [-0.25, -0.2) is 19.9 Å². The minimum absolute atomic E-state index is 0.275. The van der Waals surface area contributed by atoms with E-state index in [4.69, 9.17) is 14.2 Å². The molecule has 0 spiro atoms. The van der Waals surface area contributed by atoms with Gasteiger partial charge in [0, 0.05) is 18.5 Å². The maximum atomic E-state index is 12.6. The van der Waals surface area contributed by atoms with Gasteiger partial charge >= 0.3 is 0 Å². The molecule has 0 amide bonds. The van der Waals surface area contributed by atoms with Crippen molar-refractivity contribution in [2.24, 2.45) is 0 Å². The quantitative estimate of drug-likeness (QED) is 0.262. The lowest BCUT2D eigenvalue weighted by molar-refractivity contribution is 0.338. The number of pyridine rings is 2. The van der Waals surface area contributed by atoms with Gasteiger partial charge < -0.3 is 28.7 Å². The van der Waals surface area contributed by atoms with Crippen molar-refractivity contribution in [2.45, 2.75) is 4.90 Å². The third kappa shape index (κ3) is 6.28. The molecule has 0 fully saturated rings. The summed E-state index contributed by atoms with van der Waals surface area (Å²) in [6.45, 7) is 0.275. The molecule has 11 heteroatoms. The molecule has 0 aliphatic carbocycles. The summed E-state index contributed by atoms with van der Waals surface area (Å²) in [5, 5.41) is 0. The molecule has 6 aromatic rings. The zero-order chi connectivity index (χ0) is 27.0. The first-order valence-electron chi connectivity index (χ1n) is 12.0. The van der Waals surface area contributed by atoms with Crippen molar-refractivity contribution in [1.29, 1.82) is 0 Å². The number of H-pyrrole nitrogens is 2. The molecule has 4 heterocycles. The lowest BCUT2D eigenvalue weighted by atomic mass is 10.2. The van der Waals surface area contributed by atoms with Crippen LogP contribution in [0.1, 0.15) is 0 Å².